The molecule has 3 rings (SSSR count). The second-order valence-corrected chi connectivity index (χ2v) is 6.79. The normalized spacial score (nSPS) is 18.8. The Labute approximate surface area is 145 Å². The molecule has 0 bridgehead atoms. The number of piperazine rings is 1. The molecule has 0 amide bonds. The van der Waals surface area contributed by atoms with Gasteiger partial charge in [0.25, 0.3) is 0 Å². The number of hydrogen-bond donors (Lipinski definition) is 0. The highest BCUT2D eigenvalue weighted by atomic mass is 16.5. The first-order chi connectivity index (χ1) is 11.7. The summed E-state index contributed by atoms with van der Waals surface area (Å²) in [6, 6.07) is 20.3. The van der Waals surface area contributed by atoms with Gasteiger partial charge in [0.2, 0.25) is 0 Å². The average molecular weight is 324 g/mol. The summed E-state index contributed by atoms with van der Waals surface area (Å²) in [7, 11) is 1.75. The molecular weight excluding hydrogens is 296 g/mol. The van der Waals surface area contributed by atoms with Gasteiger partial charge in [0.1, 0.15) is 5.75 Å². The van der Waals surface area contributed by atoms with Gasteiger partial charge in [-0.2, -0.15) is 0 Å². The van der Waals surface area contributed by atoms with Crippen molar-refractivity contribution in [2.75, 3.05) is 31.6 Å². The summed E-state index contributed by atoms with van der Waals surface area (Å²) in [5.74, 6) is 0.967. The molecule has 1 aliphatic rings. The summed E-state index contributed by atoms with van der Waals surface area (Å²) in [4.78, 5) is 5.12. The van der Waals surface area contributed by atoms with Gasteiger partial charge < -0.3 is 9.64 Å². The van der Waals surface area contributed by atoms with E-state index in [1.54, 1.807) is 7.11 Å². The van der Waals surface area contributed by atoms with Crippen molar-refractivity contribution in [1.29, 1.82) is 0 Å². The molecule has 3 nitrogen and oxygen atoms in total. The van der Waals surface area contributed by atoms with Crippen LogP contribution < -0.4 is 9.64 Å². The molecule has 2 aromatic carbocycles. The van der Waals surface area contributed by atoms with Crippen molar-refractivity contribution in [3.63, 3.8) is 0 Å². The van der Waals surface area contributed by atoms with E-state index in [0.29, 0.717) is 12.1 Å². The van der Waals surface area contributed by atoms with E-state index >= 15 is 0 Å². The van der Waals surface area contributed by atoms with E-state index in [0.717, 1.165) is 31.8 Å². The van der Waals surface area contributed by atoms with Crippen molar-refractivity contribution in [2.24, 2.45) is 0 Å². The summed E-state index contributed by atoms with van der Waals surface area (Å²) >= 11 is 0. The van der Waals surface area contributed by atoms with Crippen molar-refractivity contribution in [3.05, 3.63) is 60.2 Å². The predicted octanol–water partition coefficient (Wildman–Crippen LogP) is 3.84. The van der Waals surface area contributed by atoms with Crippen LogP contribution in [0.2, 0.25) is 0 Å². The van der Waals surface area contributed by atoms with E-state index in [-0.39, 0.29) is 0 Å². The Hall–Kier alpha value is -2.00. The van der Waals surface area contributed by atoms with E-state index in [2.05, 4.69) is 72.2 Å². The van der Waals surface area contributed by atoms with Crippen molar-refractivity contribution in [3.8, 4) is 5.75 Å². The van der Waals surface area contributed by atoms with Gasteiger partial charge in [-0.25, -0.2) is 0 Å². The van der Waals surface area contributed by atoms with Crippen LogP contribution in [-0.4, -0.2) is 43.7 Å². The van der Waals surface area contributed by atoms with Gasteiger partial charge in [-0.1, -0.05) is 42.5 Å². The van der Waals surface area contributed by atoms with E-state index in [9.17, 15) is 0 Å². The van der Waals surface area contributed by atoms with E-state index in [1.165, 1.54) is 11.3 Å². The van der Waals surface area contributed by atoms with Gasteiger partial charge in [-0.05, 0) is 38.0 Å². The maximum absolute atomic E-state index is 5.57. The number of nitrogens with zero attached hydrogens (tertiary/aromatic N) is 2. The zero-order valence-corrected chi connectivity index (χ0v) is 15.0. The minimum Gasteiger partial charge on any atom is -0.495 e. The molecule has 24 heavy (non-hydrogen) atoms. The zero-order chi connectivity index (χ0) is 16.9. The van der Waals surface area contributed by atoms with Gasteiger partial charge >= 0.3 is 0 Å². The lowest BCUT2D eigenvalue weighted by Gasteiger charge is -2.45. The van der Waals surface area contributed by atoms with Crippen molar-refractivity contribution < 1.29 is 4.74 Å². The van der Waals surface area contributed by atoms with Crippen LogP contribution in [0.5, 0.6) is 5.75 Å². The Balaban J connectivity index is 1.81. The highest BCUT2D eigenvalue weighted by Gasteiger charge is 2.29. The van der Waals surface area contributed by atoms with Crippen LogP contribution in [0.3, 0.4) is 0 Å². The molecular formula is C21H28N2O. The zero-order valence-electron chi connectivity index (χ0n) is 15.0. The molecule has 1 aliphatic heterocycles. The van der Waals surface area contributed by atoms with Crippen LogP contribution in [0.4, 0.5) is 5.69 Å². The SMILES string of the molecule is COc1ccccc1N1CCN(C(C)C)[C@H](Cc2ccccc2)C1. The molecule has 0 unspecified atom stereocenters. The predicted molar refractivity (Wildman–Crippen MR) is 101 cm³/mol. The Kier molecular flexibility index (Phi) is 5.41. The van der Waals surface area contributed by atoms with Gasteiger partial charge in [0, 0.05) is 31.7 Å². The summed E-state index contributed by atoms with van der Waals surface area (Å²) in [6.45, 7) is 7.78. The monoisotopic (exact) mass is 324 g/mol. The van der Waals surface area contributed by atoms with Crippen LogP contribution in [0.1, 0.15) is 19.4 Å². The number of benzene rings is 2. The molecule has 3 heteroatoms. The fraction of sp³-hybridized carbons (Fsp3) is 0.429. The third-order valence-corrected chi connectivity index (χ3v) is 4.93. The molecule has 0 radical (unpaired) electrons. The first-order valence-corrected chi connectivity index (χ1v) is 8.86. The Bertz CT molecular complexity index is 641. The van der Waals surface area contributed by atoms with Crippen LogP contribution >= 0.6 is 0 Å². The van der Waals surface area contributed by atoms with Crippen LogP contribution in [0.15, 0.2) is 54.6 Å². The van der Waals surface area contributed by atoms with E-state index in [1.807, 2.05) is 6.07 Å². The molecule has 1 atom stereocenters. The first-order valence-electron chi connectivity index (χ1n) is 8.86. The minimum absolute atomic E-state index is 0.520. The number of methoxy groups -OCH3 is 1. The maximum Gasteiger partial charge on any atom is 0.142 e. The first kappa shape index (κ1) is 16.8. The van der Waals surface area contributed by atoms with Crippen molar-refractivity contribution in [1.82, 2.24) is 4.90 Å². The lowest BCUT2D eigenvalue weighted by molar-refractivity contribution is 0.136. The topological polar surface area (TPSA) is 15.7 Å². The molecule has 0 saturated carbocycles. The van der Waals surface area contributed by atoms with Crippen LogP contribution in [-0.2, 0) is 6.42 Å². The van der Waals surface area contributed by atoms with Crippen LogP contribution in [0.25, 0.3) is 0 Å². The van der Waals surface area contributed by atoms with Crippen molar-refractivity contribution >= 4 is 5.69 Å². The van der Waals surface area contributed by atoms with E-state index in [4.69, 9.17) is 4.74 Å². The molecule has 1 heterocycles. The molecule has 1 saturated heterocycles. The minimum atomic E-state index is 0.520. The van der Waals surface area contributed by atoms with Gasteiger partial charge in [0.05, 0.1) is 12.8 Å². The molecule has 128 valence electrons. The second kappa shape index (κ2) is 7.71. The number of anilines is 1. The smallest absolute Gasteiger partial charge is 0.142 e. The Morgan fingerprint density at radius 2 is 1.71 bits per heavy atom. The number of para-hydroxylation sites is 2. The molecule has 2 aromatic rings. The highest BCUT2D eigenvalue weighted by Crippen LogP contribution is 2.30. The van der Waals surface area contributed by atoms with E-state index < -0.39 is 0 Å². The second-order valence-electron chi connectivity index (χ2n) is 6.79. The number of hydrogen-bond acceptors (Lipinski definition) is 3. The van der Waals surface area contributed by atoms with Gasteiger partial charge in [-0.15, -0.1) is 0 Å². The van der Waals surface area contributed by atoms with Crippen LogP contribution in [0, 0.1) is 0 Å². The summed E-state index contributed by atoms with van der Waals surface area (Å²) in [5.41, 5.74) is 2.62. The lowest BCUT2D eigenvalue weighted by Crippen LogP contribution is -2.56. The number of rotatable bonds is 5. The molecule has 1 fully saturated rings. The maximum atomic E-state index is 5.57. The lowest BCUT2D eigenvalue weighted by atomic mass is 10.00. The summed E-state index contributed by atoms with van der Waals surface area (Å²) in [6.07, 6.45) is 1.09. The summed E-state index contributed by atoms with van der Waals surface area (Å²) < 4.78 is 5.57. The Morgan fingerprint density at radius 3 is 2.42 bits per heavy atom. The molecule has 0 N–H and O–H groups in total. The van der Waals surface area contributed by atoms with Crippen molar-refractivity contribution in [2.45, 2.75) is 32.4 Å². The van der Waals surface area contributed by atoms with Gasteiger partial charge in [0.15, 0.2) is 0 Å². The highest BCUT2D eigenvalue weighted by molar-refractivity contribution is 5.58. The van der Waals surface area contributed by atoms with Gasteiger partial charge in [-0.3, -0.25) is 4.90 Å². The molecule has 0 aliphatic carbocycles. The standard InChI is InChI=1S/C21H28N2O/c1-17(2)23-14-13-22(20-11-7-8-12-21(20)24-3)16-19(23)15-18-9-5-4-6-10-18/h4-12,17,19H,13-16H2,1-3H3/t19-/m1/s1. The third-order valence-electron chi connectivity index (χ3n) is 4.93. The fourth-order valence-corrected chi connectivity index (χ4v) is 3.73. The Morgan fingerprint density at radius 1 is 1.00 bits per heavy atom. The quantitative estimate of drug-likeness (QED) is 0.831. The fourth-order valence-electron chi connectivity index (χ4n) is 3.73. The largest absolute Gasteiger partial charge is 0.495 e. The number of ether oxygens (including phenoxy) is 1. The summed E-state index contributed by atoms with van der Waals surface area (Å²) in [5, 5.41) is 0. The average Bonchev–Trinajstić information content (AvgIpc) is 2.62. The molecule has 0 spiro atoms. The molecule has 0 aromatic heterocycles. The third kappa shape index (κ3) is 3.73.